The Labute approximate surface area is 191 Å². The molecule has 2 heterocycles. The summed E-state index contributed by atoms with van der Waals surface area (Å²) >= 11 is 6.08. The summed E-state index contributed by atoms with van der Waals surface area (Å²) in [5.41, 5.74) is 5.68. The normalized spacial score (nSPS) is 11.2. The molecule has 32 heavy (non-hydrogen) atoms. The van der Waals surface area contributed by atoms with Gasteiger partial charge in [0.1, 0.15) is 0 Å². The van der Waals surface area contributed by atoms with E-state index in [-0.39, 0.29) is 5.97 Å². The van der Waals surface area contributed by atoms with Gasteiger partial charge < -0.3 is 9.30 Å². The highest BCUT2D eigenvalue weighted by Crippen LogP contribution is 2.24. The van der Waals surface area contributed by atoms with Crippen LogP contribution in [-0.4, -0.2) is 22.6 Å². The molecule has 0 aliphatic heterocycles. The molecule has 0 saturated heterocycles. The number of benzene rings is 3. The fourth-order valence-corrected chi connectivity index (χ4v) is 4.26. The summed E-state index contributed by atoms with van der Waals surface area (Å²) in [7, 11) is 1.38. The number of hydrogen-bond acceptors (Lipinski definition) is 3. The molecule has 5 aromatic rings. The van der Waals surface area contributed by atoms with Gasteiger partial charge in [-0.05, 0) is 65.4 Å². The van der Waals surface area contributed by atoms with Crippen LogP contribution in [0.25, 0.3) is 21.8 Å². The first-order valence-electron chi connectivity index (χ1n) is 10.4. The Morgan fingerprint density at radius 2 is 1.84 bits per heavy atom. The lowest BCUT2D eigenvalue weighted by molar-refractivity contribution is 0.0599. The molecule has 5 rings (SSSR count). The van der Waals surface area contributed by atoms with E-state index in [4.69, 9.17) is 21.3 Å². The van der Waals surface area contributed by atoms with Crippen molar-refractivity contribution in [1.29, 1.82) is 0 Å². The van der Waals surface area contributed by atoms with E-state index in [0.717, 1.165) is 38.6 Å². The van der Waals surface area contributed by atoms with Crippen LogP contribution in [-0.2, 0) is 17.7 Å². The van der Waals surface area contributed by atoms with Gasteiger partial charge >= 0.3 is 5.97 Å². The highest BCUT2D eigenvalue weighted by atomic mass is 35.5. The van der Waals surface area contributed by atoms with Crippen LogP contribution in [0.3, 0.4) is 0 Å². The van der Waals surface area contributed by atoms with Gasteiger partial charge in [-0.15, -0.1) is 0 Å². The minimum atomic E-state index is -0.377. The second-order valence-electron chi connectivity index (χ2n) is 7.80. The van der Waals surface area contributed by atoms with Crippen molar-refractivity contribution in [2.75, 3.05) is 7.11 Å². The number of halogens is 1. The van der Waals surface area contributed by atoms with E-state index in [0.29, 0.717) is 23.6 Å². The van der Waals surface area contributed by atoms with Crippen molar-refractivity contribution in [2.45, 2.75) is 13.0 Å². The smallest absolute Gasteiger partial charge is 0.338 e. The van der Waals surface area contributed by atoms with Gasteiger partial charge in [0.15, 0.2) is 0 Å². The van der Waals surface area contributed by atoms with Gasteiger partial charge in [0.25, 0.3) is 0 Å². The fraction of sp³-hybridized carbons (Fsp3) is 0.111. The Morgan fingerprint density at radius 3 is 2.72 bits per heavy atom. The number of fused-ring (bicyclic) bond motifs is 2. The van der Waals surface area contributed by atoms with Crippen molar-refractivity contribution in [3.8, 4) is 0 Å². The van der Waals surface area contributed by atoms with Gasteiger partial charge in [0.2, 0.25) is 0 Å². The minimum Gasteiger partial charge on any atom is -0.465 e. The molecule has 0 aliphatic carbocycles. The number of carbonyl (C=O) groups is 1. The lowest BCUT2D eigenvalue weighted by Gasteiger charge is -2.10. The molecule has 0 radical (unpaired) electrons. The van der Waals surface area contributed by atoms with Gasteiger partial charge in [-0.25, -0.2) is 4.79 Å². The third-order valence-electron chi connectivity index (χ3n) is 5.70. The van der Waals surface area contributed by atoms with Crippen molar-refractivity contribution in [3.63, 3.8) is 0 Å². The quantitative estimate of drug-likeness (QED) is 0.302. The third kappa shape index (κ3) is 3.97. The average molecular weight is 441 g/mol. The molecule has 5 heteroatoms. The number of esters is 1. The van der Waals surface area contributed by atoms with Crippen LogP contribution in [0.5, 0.6) is 0 Å². The maximum absolute atomic E-state index is 12.2. The first-order valence-corrected chi connectivity index (χ1v) is 10.8. The monoisotopic (exact) mass is 440 g/mol. The number of aromatic nitrogens is 2. The molecule has 2 aromatic heterocycles. The van der Waals surface area contributed by atoms with Gasteiger partial charge in [0, 0.05) is 22.1 Å². The average Bonchev–Trinajstić information content (AvgIpc) is 3.21. The summed E-state index contributed by atoms with van der Waals surface area (Å²) < 4.78 is 7.13. The predicted molar refractivity (Wildman–Crippen MR) is 128 cm³/mol. The number of nitrogens with zero attached hydrogens (tertiary/aromatic N) is 2. The van der Waals surface area contributed by atoms with Gasteiger partial charge in [-0.2, -0.15) is 0 Å². The predicted octanol–water partition coefficient (Wildman–Crippen LogP) is 6.27. The van der Waals surface area contributed by atoms with Gasteiger partial charge in [-0.3, -0.25) is 4.98 Å². The summed E-state index contributed by atoms with van der Waals surface area (Å²) in [6.45, 7) is 0.706. The van der Waals surface area contributed by atoms with Crippen molar-refractivity contribution >= 4 is 39.4 Å². The first kappa shape index (κ1) is 20.3. The molecule has 0 aliphatic rings. The second-order valence-corrected chi connectivity index (χ2v) is 8.24. The molecule has 0 N–H and O–H groups in total. The summed E-state index contributed by atoms with van der Waals surface area (Å²) in [6.07, 6.45) is 2.71. The number of para-hydroxylation sites is 1. The number of pyridine rings is 1. The summed E-state index contributed by atoms with van der Waals surface area (Å²) in [5.74, 6) is -0.377. The lowest BCUT2D eigenvalue weighted by Crippen LogP contribution is -2.06. The van der Waals surface area contributed by atoms with Crippen molar-refractivity contribution in [2.24, 2.45) is 0 Å². The molecule has 0 fully saturated rings. The zero-order valence-electron chi connectivity index (χ0n) is 17.6. The molecule has 0 atom stereocenters. The molecule has 0 saturated carbocycles. The van der Waals surface area contributed by atoms with Crippen molar-refractivity contribution in [3.05, 3.63) is 112 Å². The molecular formula is C27H21ClN2O2. The summed E-state index contributed by atoms with van der Waals surface area (Å²) in [6, 6.07) is 26.2. The van der Waals surface area contributed by atoms with E-state index in [2.05, 4.69) is 53.2 Å². The standard InChI is InChI=1S/C27H21ClN2O2/c1-32-27(31)24-16-22(28)9-7-20(24)14-18-6-11-26-21(15-18)12-13-30(26)17-23-10-8-19-4-2-3-5-25(19)29-23/h2-13,15-16H,14,17H2,1H3. The number of methoxy groups -OCH3 is 1. The first-order chi connectivity index (χ1) is 15.6. The number of carbonyl (C=O) groups excluding carboxylic acids is 1. The van der Waals surface area contributed by atoms with E-state index in [1.54, 1.807) is 12.1 Å². The number of ether oxygens (including phenoxy) is 1. The Kier molecular flexibility index (Phi) is 5.38. The van der Waals surface area contributed by atoms with Crippen LogP contribution in [0.1, 0.15) is 27.2 Å². The minimum absolute atomic E-state index is 0.377. The van der Waals surface area contributed by atoms with Gasteiger partial charge in [-0.1, -0.05) is 48.0 Å². The van der Waals surface area contributed by atoms with Crippen LogP contribution in [0, 0.1) is 0 Å². The van der Waals surface area contributed by atoms with Crippen LogP contribution in [0.4, 0.5) is 0 Å². The van der Waals surface area contributed by atoms with E-state index < -0.39 is 0 Å². The fourth-order valence-electron chi connectivity index (χ4n) is 4.09. The molecule has 4 nitrogen and oxygen atoms in total. The molecule has 0 spiro atoms. The SMILES string of the molecule is COC(=O)c1cc(Cl)ccc1Cc1ccc2c(ccn2Cc2ccc3ccccc3n2)c1. The Hall–Kier alpha value is -3.63. The van der Waals surface area contributed by atoms with E-state index >= 15 is 0 Å². The highest BCUT2D eigenvalue weighted by Gasteiger charge is 2.13. The molecule has 0 amide bonds. The van der Waals surface area contributed by atoms with Crippen LogP contribution in [0.2, 0.25) is 5.02 Å². The van der Waals surface area contributed by atoms with E-state index in [1.165, 1.54) is 7.11 Å². The lowest BCUT2D eigenvalue weighted by atomic mass is 9.99. The van der Waals surface area contributed by atoms with Crippen molar-refractivity contribution < 1.29 is 9.53 Å². The maximum atomic E-state index is 12.2. The highest BCUT2D eigenvalue weighted by molar-refractivity contribution is 6.31. The Morgan fingerprint density at radius 1 is 0.969 bits per heavy atom. The molecule has 158 valence electrons. The van der Waals surface area contributed by atoms with E-state index in [1.807, 2.05) is 24.3 Å². The molecule has 0 unspecified atom stereocenters. The van der Waals surface area contributed by atoms with Crippen LogP contribution >= 0.6 is 11.6 Å². The van der Waals surface area contributed by atoms with Crippen LogP contribution < -0.4 is 0 Å². The van der Waals surface area contributed by atoms with Gasteiger partial charge in [0.05, 0.1) is 30.4 Å². The van der Waals surface area contributed by atoms with Crippen LogP contribution in [0.15, 0.2) is 85.1 Å². The molecule has 3 aromatic carbocycles. The second kappa shape index (κ2) is 8.48. The topological polar surface area (TPSA) is 44.1 Å². The van der Waals surface area contributed by atoms with Crippen molar-refractivity contribution in [1.82, 2.24) is 9.55 Å². The van der Waals surface area contributed by atoms with E-state index in [9.17, 15) is 4.79 Å². The largest absolute Gasteiger partial charge is 0.465 e. The Bertz CT molecular complexity index is 1460. The number of rotatable bonds is 5. The molecular weight excluding hydrogens is 420 g/mol. The zero-order valence-corrected chi connectivity index (χ0v) is 18.3. The molecule has 0 bridgehead atoms. The maximum Gasteiger partial charge on any atom is 0.338 e. The number of hydrogen-bond donors (Lipinski definition) is 0. The Balaban J connectivity index is 1.42. The summed E-state index contributed by atoms with van der Waals surface area (Å²) in [4.78, 5) is 17.0. The summed E-state index contributed by atoms with van der Waals surface area (Å²) in [5, 5.41) is 2.81. The zero-order chi connectivity index (χ0) is 22.1. The third-order valence-corrected chi connectivity index (χ3v) is 5.93.